The van der Waals surface area contributed by atoms with Crippen molar-refractivity contribution in [2.75, 3.05) is 6.54 Å². The Bertz CT molecular complexity index is 454. The fraction of sp³-hybridized carbons (Fsp3) is 0.429. The third-order valence-electron chi connectivity index (χ3n) is 2.97. The van der Waals surface area contributed by atoms with Gasteiger partial charge in [-0.05, 0) is 38.0 Å². The molecular formula is C14H19NO3. The summed E-state index contributed by atoms with van der Waals surface area (Å²) in [5, 5.41) is 11.4. The molecule has 0 aliphatic rings. The van der Waals surface area contributed by atoms with Crippen LogP contribution in [0.3, 0.4) is 0 Å². The SMILES string of the molecule is Cc1ccc(C(=O)C(C)NCCC(=O)O)cc1C. The van der Waals surface area contributed by atoms with Crippen molar-refractivity contribution in [1.29, 1.82) is 0 Å². The van der Waals surface area contributed by atoms with Crippen molar-refractivity contribution in [3.8, 4) is 0 Å². The molecule has 98 valence electrons. The van der Waals surface area contributed by atoms with Crippen molar-refractivity contribution >= 4 is 11.8 Å². The van der Waals surface area contributed by atoms with E-state index in [4.69, 9.17) is 5.11 Å². The van der Waals surface area contributed by atoms with Gasteiger partial charge in [-0.1, -0.05) is 12.1 Å². The first-order chi connectivity index (χ1) is 8.41. The number of carbonyl (C=O) groups excluding carboxylic acids is 1. The molecule has 0 aliphatic carbocycles. The number of carboxylic acids is 1. The predicted octanol–water partition coefficient (Wildman–Crippen LogP) is 1.94. The summed E-state index contributed by atoms with van der Waals surface area (Å²) in [6, 6.07) is 5.23. The van der Waals surface area contributed by atoms with Gasteiger partial charge in [-0.15, -0.1) is 0 Å². The minimum absolute atomic E-state index is 0.0107. The van der Waals surface area contributed by atoms with Crippen molar-refractivity contribution in [1.82, 2.24) is 5.32 Å². The lowest BCUT2D eigenvalue weighted by Gasteiger charge is -2.13. The number of nitrogens with one attached hydrogen (secondary N) is 1. The Labute approximate surface area is 107 Å². The highest BCUT2D eigenvalue weighted by atomic mass is 16.4. The molecule has 0 aliphatic heterocycles. The topological polar surface area (TPSA) is 66.4 Å². The van der Waals surface area contributed by atoms with Crippen molar-refractivity contribution in [3.05, 3.63) is 34.9 Å². The summed E-state index contributed by atoms with van der Waals surface area (Å²) in [6.45, 7) is 6.01. The molecule has 0 fully saturated rings. The molecule has 1 aromatic rings. The Kier molecular flexibility index (Phi) is 5.04. The Morgan fingerprint density at radius 1 is 1.28 bits per heavy atom. The monoisotopic (exact) mass is 249 g/mol. The molecule has 0 spiro atoms. The minimum Gasteiger partial charge on any atom is -0.481 e. The smallest absolute Gasteiger partial charge is 0.304 e. The molecule has 1 rings (SSSR count). The second-order valence-electron chi connectivity index (χ2n) is 4.48. The van der Waals surface area contributed by atoms with Crippen LogP contribution in [0.2, 0.25) is 0 Å². The van der Waals surface area contributed by atoms with Crippen LogP contribution in [0.5, 0.6) is 0 Å². The molecule has 0 amide bonds. The van der Waals surface area contributed by atoms with Crippen molar-refractivity contribution in [2.24, 2.45) is 0 Å². The molecule has 0 radical (unpaired) electrons. The van der Waals surface area contributed by atoms with Crippen LogP contribution in [0.1, 0.15) is 34.8 Å². The fourth-order valence-corrected chi connectivity index (χ4v) is 1.63. The summed E-state index contributed by atoms with van der Waals surface area (Å²) < 4.78 is 0. The van der Waals surface area contributed by atoms with E-state index in [0.717, 1.165) is 11.1 Å². The average Bonchev–Trinajstić information content (AvgIpc) is 2.31. The zero-order chi connectivity index (χ0) is 13.7. The fourth-order valence-electron chi connectivity index (χ4n) is 1.63. The van der Waals surface area contributed by atoms with E-state index < -0.39 is 5.97 Å². The van der Waals surface area contributed by atoms with Gasteiger partial charge in [0.1, 0.15) is 0 Å². The Morgan fingerprint density at radius 2 is 1.94 bits per heavy atom. The van der Waals surface area contributed by atoms with Gasteiger partial charge in [0.2, 0.25) is 0 Å². The van der Waals surface area contributed by atoms with Gasteiger partial charge in [0.15, 0.2) is 5.78 Å². The number of hydrogen-bond donors (Lipinski definition) is 2. The van der Waals surface area contributed by atoms with Crippen LogP contribution in [0.25, 0.3) is 0 Å². The van der Waals surface area contributed by atoms with E-state index >= 15 is 0 Å². The highest BCUT2D eigenvalue weighted by Crippen LogP contribution is 2.11. The van der Waals surface area contributed by atoms with Gasteiger partial charge in [0.25, 0.3) is 0 Å². The summed E-state index contributed by atoms with van der Waals surface area (Å²) in [5.41, 5.74) is 2.89. The number of aliphatic carboxylic acids is 1. The lowest BCUT2D eigenvalue weighted by Crippen LogP contribution is -2.35. The maximum Gasteiger partial charge on any atom is 0.304 e. The number of ketones is 1. The van der Waals surface area contributed by atoms with Crippen LogP contribution < -0.4 is 5.32 Å². The van der Waals surface area contributed by atoms with Gasteiger partial charge in [0.05, 0.1) is 12.5 Å². The average molecular weight is 249 g/mol. The Balaban J connectivity index is 2.62. The highest BCUT2D eigenvalue weighted by molar-refractivity contribution is 6.00. The molecule has 1 unspecified atom stereocenters. The maximum absolute atomic E-state index is 12.1. The van der Waals surface area contributed by atoms with Gasteiger partial charge in [-0.25, -0.2) is 0 Å². The third kappa shape index (κ3) is 3.96. The highest BCUT2D eigenvalue weighted by Gasteiger charge is 2.15. The van der Waals surface area contributed by atoms with E-state index in [1.165, 1.54) is 0 Å². The minimum atomic E-state index is -0.867. The largest absolute Gasteiger partial charge is 0.481 e. The van der Waals surface area contributed by atoms with Crippen LogP contribution in [-0.4, -0.2) is 29.4 Å². The number of carbonyl (C=O) groups is 2. The molecule has 1 aromatic carbocycles. The van der Waals surface area contributed by atoms with Gasteiger partial charge >= 0.3 is 5.97 Å². The molecule has 1 atom stereocenters. The van der Waals surface area contributed by atoms with Gasteiger partial charge in [-0.2, -0.15) is 0 Å². The predicted molar refractivity (Wildman–Crippen MR) is 70.0 cm³/mol. The molecule has 4 nitrogen and oxygen atoms in total. The molecule has 0 bridgehead atoms. The number of rotatable bonds is 6. The maximum atomic E-state index is 12.1. The number of carboxylic acid groups (broad SMARTS) is 1. The number of hydrogen-bond acceptors (Lipinski definition) is 3. The zero-order valence-corrected chi connectivity index (χ0v) is 11.0. The first-order valence-electron chi connectivity index (χ1n) is 5.98. The van der Waals surface area contributed by atoms with Gasteiger partial charge in [0, 0.05) is 12.1 Å². The lowest BCUT2D eigenvalue weighted by atomic mass is 10.0. The Morgan fingerprint density at radius 3 is 2.50 bits per heavy atom. The molecule has 0 saturated heterocycles. The van der Waals surface area contributed by atoms with Gasteiger partial charge in [-0.3, -0.25) is 9.59 Å². The number of benzene rings is 1. The molecule has 0 heterocycles. The third-order valence-corrected chi connectivity index (χ3v) is 2.97. The van der Waals surface area contributed by atoms with Crippen molar-refractivity contribution in [2.45, 2.75) is 33.2 Å². The van der Waals surface area contributed by atoms with Gasteiger partial charge < -0.3 is 10.4 Å². The lowest BCUT2D eigenvalue weighted by molar-refractivity contribution is -0.136. The van der Waals surface area contributed by atoms with Crippen molar-refractivity contribution < 1.29 is 14.7 Å². The summed E-state index contributed by atoms with van der Waals surface area (Å²) in [5.74, 6) is -0.878. The van der Waals surface area contributed by atoms with Crippen LogP contribution in [-0.2, 0) is 4.79 Å². The van der Waals surface area contributed by atoms with Crippen LogP contribution in [0, 0.1) is 13.8 Å². The Hall–Kier alpha value is -1.68. The van der Waals surface area contributed by atoms with Crippen LogP contribution in [0.15, 0.2) is 18.2 Å². The summed E-state index contributed by atoms with van der Waals surface area (Å²) in [4.78, 5) is 22.5. The second kappa shape index (κ2) is 6.31. The van der Waals surface area contributed by atoms with E-state index in [1.807, 2.05) is 26.0 Å². The molecule has 4 heteroatoms. The van der Waals surface area contributed by atoms with E-state index in [0.29, 0.717) is 12.1 Å². The standard InChI is InChI=1S/C14H19NO3/c1-9-4-5-12(8-10(9)2)14(18)11(3)15-7-6-13(16)17/h4-5,8,11,15H,6-7H2,1-3H3,(H,16,17). The summed E-state index contributed by atoms with van der Waals surface area (Å²) in [6.07, 6.45) is 0.0184. The first-order valence-corrected chi connectivity index (χ1v) is 5.98. The number of Topliss-reactive ketones (excluding diaryl/α,β-unsaturated/α-hetero) is 1. The van der Waals surface area contributed by atoms with Crippen LogP contribution >= 0.6 is 0 Å². The summed E-state index contributed by atoms with van der Waals surface area (Å²) >= 11 is 0. The first kappa shape index (κ1) is 14.4. The molecule has 0 saturated carbocycles. The number of aryl methyl sites for hydroxylation is 2. The quantitative estimate of drug-likeness (QED) is 0.756. The van der Waals surface area contributed by atoms with E-state index in [-0.39, 0.29) is 18.2 Å². The van der Waals surface area contributed by atoms with Crippen molar-refractivity contribution in [3.63, 3.8) is 0 Å². The second-order valence-corrected chi connectivity index (χ2v) is 4.48. The molecule has 0 aromatic heterocycles. The normalized spacial score (nSPS) is 12.2. The van der Waals surface area contributed by atoms with E-state index in [9.17, 15) is 9.59 Å². The zero-order valence-electron chi connectivity index (χ0n) is 11.0. The molecule has 2 N–H and O–H groups in total. The molecular weight excluding hydrogens is 230 g/mol. The van der Waals surface area contributed by atoms with E-state index in [2.05, 4.69) is 5.32 Å². The molecule has 18 heavy (non-hydrogen) atoms. The summed E-state index contributed by atoms with van der Waals surface area (Å²) in [7, 11) is 0. The van der Waals surface area contributed by atoms with Crippen LogP contribution in [0.4, 0.5) is 0 Å². The van der Waals surface area contributed by atoms with E-state index in [1.54, 1.807) is 13.0 Å².